The van der Waals surface area contributed by atoms with Crippen molar-refractivity contribution in [1.82, 2.24) is 20.4 Å². The predicted octanol–water partition coefficient (Wildman–Crippen LogP) is 0.673. The van der Waals surface area contributed by atoms with Crippen molar-refractivity contribution in [2.75, 3.05) is 12.3 Å². The average Bonchev–Trinajstić information content (AvgIpc) is 2.85. The molecule has 0 unspecified atom stereocenters. The van der Waals surface area contributed by atoms with Gasteiger partial charge in [-0.15, -0.1) is 0 Å². The number of hydrogen-bond acceptors (Lipinski definition) is 6. The summed E-state index contributed by atoms with van der Waals surface area (Å²) in [5, 5.41) is 6.23. The smallest absolute Gasteiger partial charge is 0.254 e. The van der Waals surface area contributed by atoms with Gasteiger partial charge < -0.3 is 15.6 Å². The maximum atomic E-state index is 11.8. The van der Waals surface area contributed by atoms with E-state index in [0.717, 1.165) is 0 Å². The molecule has 1 amide bonds. The molecule has 3 N–H and O–H groups in total. The van der Waals surface area contributed by atoms with Crippen molar-refractivity contribution in [2.45, 2.75) is 6.42 Å². The van der Waals surface area contributed by atoms with Crippen molar-refractivity contribution >= 4 is 23.2 Å². The van der Waals surface area contributed by atoms with Crippen molar-refractivity contribution in [1.29, 1.82) is 0 Å². The molecule has 0 aliphatic rings. The molecule has 0 saturated carbocycles. The zero-order valence-corrected chi connectivity index (χ0v) is 10.0. The number of carbonyl (C=O) groups excluding carboxylic acids is 1. The summed E-state index contributed by atoms with van der Waals surface area (Å²) in [6.07, 6.45) is 3.13. The molecule has 0 fully saturated rings. The van der Waals surface area contributed by atoms with Crippen LogP contribution in [-0.2, 0) is 6.42 Å². The van der Waals surface area contributed by atoms with E-state index in [1.165, 1.54) is 18.6 Å². The SMILES string of the molecule is Nc1cnc(Cl)c(C(=O)NCCc2ncno2)c1. The molecular formula is C10H10ClN5O2. The van der Waals surface area contributed by atoms with E-state index < -0.39 is 0 Å². The minimum absolute atomic E-state index is 0.111. The Balaban J connectivity index is 1.93. The van der Waals surface area contributed by atoms with Crippen molar-refractivity contribution in [3.63, 3.8) is 0 Å². The van der Waals surface area contributed by atoms with Gasteiger partial charge in [-0.05, 0) is 6.07 Å². The molecule has 2 heterocycles. The van der Waals surface area contributed by atoms with E-state index >= 15 is 0 Å². The number of pyridine rings is 1. The van der Waals surface area contributed by atoms with Crippen LogP contribution in [0.2, 0.25) is 5.15 Å². The Morgan fingerprint density at radius 3 is 3.06 bits per heavy atom. The van der Waals surface area contributed by atoms with Crippen LogP contribution in [0.15, 0.2) is 23.1 Å². The summed E-state index contributed by atoms with van der Waals surface area (Å²) in [6, 6.07) is 1.47. The molecule has 0 atom stereocenters. The lowest BCUT2D eigenvalue weighted by Gasteiger charge is -2.05. The van der Waals surface area contributed by atoms with E-state index in [4.69, 9.17) is 21.9 Å². The summed E-state index contributed by atoms with van der Waals surface area (Å²) >= 11 is 5.80. The largest absolute Gasteiger partial charge is 0.397 e. The molecule has 18 heavy (non-hydrogen) atoms. The number of anilines is 1. The second-order valence-corrected chi connectivity index (χ2v) is 3.81. The highest BCUT2D eigenvalue weighted by molar-refractivity contribution is 6.32. The van der Waals surface area contributed by atoms with Crippen molar-refractivity contribution in [3.05, 3.63) is 35.2 Å². The van der Waals surface area contributed by atoms with Crippen LogP contribution >= 0.6 is 11.6 Å². The highest BCUT2D eigenvalue weighted by atomic mass is 35.5. The molecule has 0 spiro atoms. The lowest BCUT2D eigenvalue weighted by Crippen LogP contribution is -2.26. The lowest BCUT2D eigenvalue weighted by atomic mass is 10.2. The van der Waals surface area contributed by atoms with Crippen LogP contribution in [0.3, 0.4) is 0 Å². The number of hydrogen-bond donors (Lipinski definition) is 2. The number of rotatable bonds is 4. The van der Waals surface area contributed by atoms with E-state index in [1.54, 1.807) is 0 Å². The Kier molecular flexibility index (Phi) is 3.73. The minimum Gasteiger partial charge on any atom is -0.397 e. The molecule has 0 radical (unpaired) electrons. The molecule has 0 aromatic carbocycles. The summed E-state index contributed by atoms with van der Waals surface area (Å²) in [6.45, 7) is 0.353. The molecule has 7 nitrogen and oxygen atoms in total. The van der Waals surface area contributed by atoms with Crippen LogP contribution in [0.4, 0.5) is 5.69 Å². The van der Waals surface area contributed by atoms with Gasteiger partial charge in [0.05, 0.1) is 17.4 Å². The Hall–Kier alpha value is -2.15. The standard InChI is InChI=1S/C10H10ClN5O2/c11-9-7(3-6(12)4-14-9)10(17)13-2-1-8-15-5-16-18-8/h3-5H,1-2,12H2,(H,13,17). The fourth-order valence-electron chi connectivity index (χ4n) is 1.31. The fourth-order valence-corrected chi connectivity index (χ4v) is 1.50. The van der Waals surface area contributed by atoms with Gasteiger partial charge in [0.1, 0.15) is 5.15 Å². The lowest BCUT2D eigenvalue weighted by molar-refractivity contribution is 0.0953. The number of amides is 1. The second-order valence-electron chi connectivity index (χ2n) is 3.45. The molecule has 94 valence electrons. The first-order valence-electron chi connectivity index (χ1n) is 5.11. The van der Waals surface area contributed by atoms with Crippen LogP contribution in [0, 0.1) is 0 Å². The molecule has 0 saturated heterocycles. The third kappa shape index (κ3) is 2.95. The van der Waals surface area contributed by atoms with Gasteiger partial charge in [0.25, 0.3) is 5.91 Å². The first-order chi connectivity index (χ1) is 8.66. The van der Waals surface area contributed by atoms with Gasteiger partial charge in [0.15, 0.2) is 6.33 Å². The number of carbonyl (C=O) groups is 1. The summed E-state index contributed by atoms with van der Waals surface area (Å²) in [5.74, 6) is 0.103. The van der Waals surface area contributed by atoms with E-state index in [1.807, 2.05) is 0 Å². The Bertz CT molecular complexity index is 543. The fraction of sp³-hybridized carbons (Fsp3) is 0.200. The zero-order valence-electron chi connectivity index (χ0n) is 9.26. The number of nitrogens with one attached hydrogen (secondary N) is 1. The van der Waals surface area contributed by atoms with Crippen molar-refractivity contribution < 1.29 is 9.32 Å². The molecule has 2 rings (SSSR count). The second kappa shape index (κ2) is 5.46. The van der Waals surface area contributed by atoms with Gasteiger partial charge in [-0.1, -0.05) is 16.8 Å². The first-order valence-corrected chi connectivity index (χ1v) is 5.49. The topological polar surface area (TPSA) is 107 Å². The third-order valence-electron chi connectivity index (χ3n) is 2.14. The molecule has 0 bridgehead atoms. The number of halogens is 1. The van der Waals surface area contributed by atoms with E-state index in [9.17, 15) is 4.79 Å². The molecule has 2 aromatic rings. The van der Waals surface area contributed by atoms with Gasteiger partial charge >= 0.3 is 0 Å². The Morgan fingerprint density at radius 1 is 1.50 bits per heavy atom. The van der Waals surface area contributed by atoms with Crippen LogP contribution in [0.25, 0.3) is 0 Å². The van der Waals surface area contributed by atoms with Gasteiger partial charge in [-0.3, -0.25) is 4.79 Å². The van der Waals surface area contributed by atoms with E-state index in [-0.39, 0.29) is 16.6 Å². The van der Waals surface area contributed by atoms with Crippen molar-refractivity contribution in [3.8, 4) is 0 Å². The predicted molar refractivity (Wildman–Crippen MR) is 64.0 cm³/mol. The zero-order chi connectivity index (χ0) is 13.0. The number of nitrogen functional groups attached to an aromatic ring is 1. The van der Waals surface area contributed by atoms with Gasteiger partial charge in [0.2, 0.25) is 5.89 Å². The summed E-state index contributed by atoms with van der Waals surface area (Å²) in [5.41, 5.74) is 6.15. The van der Waals surface area contributed by atoms with Gasteiger partial charge in [-0.2, -0.15) is 4.98 Å². The monoisotopic (exact) mass is 267 g/mol. The average molecular weight is 268 g/mol. The summed E-state index contributed by atoms with van der Waals surface area (Å²) in [7, 11) is 0. The van der Waals surface area contributed by atoms with Crippen LogP contribution < -0.4 is 11.1 Å². The minimum atomic E-state index is -0.348. The van der Waals surface area contributed by atoms with Gasteiger partial charge in [-0.25, -0.2) is 4.98 Å². The third-order valence-corrected chi connectivity index (χ3v) is 2.44. The molecule has 8 heteroatoms. The van der Waals surface area contributed by atoms with E-state index in [2.05, 4.69) is 20.4 Å². The maximum absolute atomic E-state index is 11.8. The number of nitrogens with two attached hydrogens (primary N) is 1. The Morgan fingerprint density at radius 2 is 2.33 bits per heavy atom. The van der Waals surface area contributed by atoms with Crippen molar-refractivity contribution in [2.24, 2.45) is 0 Å². The normalized spacial score (nSPS) is 10.3. The highest BCUT2D eigenvalue weighted by Crippen LogP contribution is 2.15. The van der Waals surface area contributed by atoms with E-state index in [0.29, 0.717) is 24.5 Å². The molecular weight excluding hydrogens is 258 g/mol. The Labute approximate surface area is 107 Å². The molecule has 0 aliphatic heterocycles. The number of aromatic nitrogens is 3. The maximum Gasteiger partial charge on any atom is 0.254 e. The summed E-state index contributed by atoms with van der Waals surface area (Å²) < 4.78 is 4.79. The number of nitrogens with zero attached hydrogens (tertiary/aromatic N) is 3. The van der Waals surface area contributed by atoms with Crippen LogP contribution in [0.1, 0.15) is 16.2 Å². The summed E-state index contributed by atoms with van der Waals surface area (Å²) in [4.78, 5) is 19.4. The van der Waals surface area contributed by atoms with Crippen LogP contribution in [-0.4, -0.2) is 27.6 Å². The molecule has 2 aromatic heterocycles. The quantitative estimate of drug-likeness (QED) is 0.789. The first kappa shape index (κ1) is 12.3. The highest BCUT2D eigenvalue weighted by Gasteiger charge is 2.11. The van der Waals surface area contributed by atoms with Crippen LogP contribution in [0.5, 0.6) is 0 Å². The van der Waals surface area contributed by atoms with Gasteiger partial charge in [0, 0.05) is 13.0 Å². The molecule has 0 aliphatic carbocycles.